The summed E-state index contributed by atoms with van der Waals surface area (Å²) in [5.74, 6) is 1.71. The minimum atomic E-state index is -0.726. The number of allylic oxidation sites excluding steroid dienone is 1. The van der Waals surface area contributed by atoms with E-state index >= 15 is 0 Å². The second kappa shape index (κ2) is 5.16. The first kappa shape index (κ1) is 15.8. The summed E-state index contributed by atoms with van der Waals surface area (Å²) in [6, 6.07) is 0. The Morgan fingerprint density at radius 1 is 1.17 bits per heavy atom. The van der Waals surface area contributed by atoms with Gasteiger partial charge in [-0.3, -0.25) is 4.79 Å². The topological polar surface area (TPSA) is 46.5 Å². The van der Waals surface area contributed by atoms with Crippen molar-refractivity contribution in [1.82, 2.24) is 0 Å². The second-order valence-corrected chi connectivity index (χ2v) is 8.98. The number of carbonyl (C=O) groups is 1. The number of ether oxygens (including phenoxy) is 1. The number of fused-ring (bicyclic) bond motifs is 5. The van der Waals surface area contributed by atoms with Crippen molar-refractivity contribution in [3.63, 3.8) is 0 Å². The summed E-state index contributed by atoms with van der Waals surface area (Å²) in [6.07, 6.45) is 9.41. The van der Waals surface area contributed by atoms with Crippen LogP contribution in [0.15, 0.2) is 11.6 Å². The summed E-state index contributed by atoms with van der Waals surface area (Å²) in [5.41, 5.74) is 1.71. The van der Waals surface area contributed by atoms with E-state index in [4.69, 9.17) is 4.74 Å². The zero-order chi connectivity index (χ0) is 16.4. The number of hydrogen-bond acceptors (Lipinski definition) is 3. The highest BCUT2D eigenvalue weighted by Crippen LogP contribution is 2.64. The summed E-state index contributed by atoms with van der Waals surface area (Å²) < 4.78 is 5.62. The molecule has 0 aliphatic heterocycles. The molecule has 0 spiro atoms. The van der Waals surface area contributed by atoms with Gasteiger partial charge in [-0.15, -0.1) is 0 Å². The molecule has 0 radical (unpaired) electrons. The van der Waals surface area contributed by atoms with Gasteiger partial charge in [0.1, 0.15) is 6.10 Å². The number of carbonyl (C=O) groups excluding carboxylic acids is 1. The van der Waals surface area contributed by atoms with Crippen molar-refractivity contribution in [1.29, 1.82) is 0 Å². The zero-order valence-electron chi connectivity index (χ0n) is 14.7. The smallest absolute Gasteiger partial charge is 0.162 e. The highest BCUT2D eigenvalue weighted by atomic mass is 16.5. The third-order valence-electron chi connectivity index (χ3n) is 8.18. The van der Waals surface area contributed by atoms with E-state index in [0.29, 0.717) is 30.3 Å². The molecule has 0 unspecified atom stereocenters. The largest absolute Gasteiger partial charge is 0.385 e. The lowest BCUT2D eigenvalue weighted by Gasteiger charge is -2.57. The molecule has 3 heteroatoms. The van der Waals surface area contributed by atoms with Gasteiger partial charge in [0.25, 0.3) is 0 Å². The fourth-order valence-electron chi connectivity index (χ4n) is 6.60. The molecule has 0 aromatic heterocycles. The van der Waals surface area contributed by atoms with E-state index in [9.17, 15) is 9.90 Å². The van der Waals surface area contributed by atoms with Gasteiger partial charge in [-0.2, -0.15) is 0 Å². The highest BCUT2D eigenvalue weighted by molar-refractivity contribution is 5.86. The Bertz CT molecular complexity index is 553. The first-order valence-corrected chi connectivity index (χ1v) is 9.33. The maximum atomic E-state index is 12.2. The van der Waals surface area contributed by atoms with Gasteiger partial charge < -0.3 is 9.84 Å². The predicted molar refractivity (Wildman–Crippen MR) is 88.9 cm³/mol. The molecule has 0 saturated heterocycles. The lowest BCUT2D eigenvalue weighted by Crippen LogP contribution is -2.51. The first-order chi connectivity index (χ1) is 10.9. The average Bonchev–Trinajstić information content (AvgIpc) is 2.78. The van der Waals surface area contributed by atoms with Crippen LogP contribution in [-0.2, 0) is 9.53 Å². The number of Topliss-reactive ketones (excluding diaryl/α,β-unsaturated/α-hetero) is 1. The molecular formula is C20H30O3. The van der Waals surface area contributed by atoms with Crippen molar-refractivity contribution in [2.45, 2.75) is 71.0 Å². The Balaban J connectivity index is 1.66. The molecule has 3 nitrogen and oxygen atoms in total. The Hall–Kier alpha value is -0.670. The minimum Gasteiger partial charge on any atom is -0.385 e. The molecule has 3 fully saturated rings. The average molecular weight is 318 g/mol. The van der Waals surface area contributed by atoms with E-state index in [0.717, 1.165) is 32.1 Å². The third-order valence-corrected chi connectivity index (χ3v) is 8.18. The van der Waals surface area contributed by atoms with Crippen LogP contribution in [0.25, 0.3) is 0 Å². The number of rotatable bonds is 1. The van der Waals surface area contributed by atoms with Crippen LogP contribution in [0.1, 0.15) is 58.8 Å². The van der Waals surface area contributed by atoms with E-state index in [1.807, 2.05) is 7.11 Å². The van der Waals surface area contributed by atoms with Crippen molar-refractivity contribution in [2.24, 2.45) is 28.6 Å². The van der Waals surface area contributed by atoms with Crippen molar-refractivity contribution < 1.29 is 14.6 Å². The maximum Gasteiger partial charge on any atom is 0.162 e. The van der Waals surface area contributed by atoms with E-state index in [-0.39, 0.29) is 16.6 Å². The van der Waals surface area contributed by atoms with Gasteiger partial charge in [0.2, 0.25) is 0 Å². The van der Waals surface area contributed by atoms with Crippen molar-refractivity contribution in [3.8, 4) is 0 Å². The predicted octanol–water partition coefficient (Wildman–Crippen LogP) is 3.50. The molecule has 0 aromatic carbocycles. The van der Waals surface area contributed by atoms with Gasteiger partial charge in [0, 0.05) is 18.9 Å². The zero-order valence-corrected chi connectivity index (χ0v) is 14.7. The van der Waals surface area contributed by atoms with Gasteiger partial charge >= 0.3 is 0 Å². The monoisotopic (exact) mass is 318 g/mol. The SMILES string of the molecule is CO[C@@H]1CC[C@@]2(C)C(=CC[C@H]3[C@@H]4CC(=O)[C@@H](O)[C@@]4(C)CC[C@@H]32)C1. The number of methoxy groups -OCH3 is 1. The minimum absolute atomic E-state index is 0.0844. The molecule has 23 heavy (non-hydrogen) atoms. The summed E-state index contributed by atoms with van der Waals surface area (Å²) in [7, 11) is 1.83. The van der Waals surface area contributed by atoms with Gasteiger partial charge in [0.05, 0.1) is 6.10 Å². The van der Waals surface area contributed by atoms with Gasteiger partial charge in [-0.25, -0.2) is 0 Å². The molecule has 4 rings (SSSR count). The third kappa shape index (κ3) is 2.05. The molecule has 0 amide bonds. The molecule has 0 aromatic rings. The standard InChI is InChI=1S/C20H30O3/c1-19-8-6-13(23-3)10-12(19)4-5-14-15(19)7-9-20(2)16(14)11-17(21)18(20)22/h4,13-16,18,22H,5-11H2,1-3H3/t13-,14-,15+,16+,18-,19+,20+/m1/s1. The van der Waals surface area contributed by atoms with Crippen LogP contribution in [-0.4, -0.2) is 30.2 Å². The van der Waals surface area contributed by atoms with Crippen LogP contribution in [0, 0.1) is 28.6 Å². The van der Waals surface area contributed by atoms with E-state index in [1.165, 1.54) is 6.42 Å². The van der Waals surface area contributed by atoms with Crippen molar-refractivity contribution in [3.05, 3.63) is 11.6 Å². The lowest BCUT2D eigenvalue weighted by molar-refractivity contribution is -0.128. The van der Waals surface area contributed by atoms with Crippen LogP contribution in [0.5, 0.6) is 0 Å². The maximum absolute atomic E-state index is 12.2. The number of aliphatic hydroxyl groups excluding tert-OH is 1. The number of ketones is 1. The van der Waals surface area contributed by atoms with Gasteiger partial charge in [0.15, 0.2) is 5.78 Å². The summed E-state index contributed by atoms with van der Waals surface area (Å²) in [6.45, 7) is 4.62. The van der Waals surface area contributed by atoms with E-state index in [1.54, 1.807) is 5.57 Å². The van der Waals surface area contributed by atoms with Gasteiger partial charge in [-0.1, -0.05) is 25.5 Å². The molecule has 128 valence electrons. The first-order valence-electron chi connectivity index (χ1n) is 9.33. The molecule has 4 aliphatic rings. The van der Waals surface area contributed by atoms with E-state index in [2.05, 4.69) is 19.9 Å². The summed E-state index contributed by atoms with van der Waals surface area (Å²) in [5, 5.41) is 10.4. The fourth-order valence-corrected chi connectivity index (χ4v) is 6.60. The molecule has 1 N–H and O–H groups in total. The molecule has 7 atom stereocenters. The van der Waals surface area contributed by atoms with Crippen LogP contribution in [0.3, 0.4) is 0 Å². The van der Waals surface area contributed by atoms with Crippen LogP contribution in [0.2, 0.25) is 0 Å². The molecule has 3 saturated carbocycles. The summed E-state index contributed by atoms with van der Waals surface area (Å²) >= 11 is 0. The Morgan fingerprint density at radius 3 is 2.70 bits per heavy atom. The van der Waals surface area contributed by atoms with E-state index < -0.39 is 6.10 Å². The Morgan fingerprint density at radius 2 is 1.96 bits per heavy atom. The lowest BCUT2D eigenvalue weighted by atomic mass is 9.48. The van der Waals surface area contributed by atoms with Crippen molar-refractivity contribution >= 4 is 5.78 Å². The molecular weight excluding hydrogens is 288 g/mol. The molecule has 0 heterocycles. The van der Waals surface area contributed by atoms with Crippen LogP contribution >= 0.6 is 0 Å². The Kier molecular flexibility index (Phi) is 3.55. The quantitative estimate of drug-likeness (QED) is 0.753. The number of aliphatic hydroxyl groups is 1. The molecule has 0 bridgehead atoms. The summed E-state index contributed by atoms with van der Waals surface area (Å²) in [4.78, 5) is 12.2. The van der Waals surface area contributed by atoms with Crippen LogP contribution in [0.4, 0.5) is 0 Å². The van der Waals surface area contributed by atoms with Crippen molar-refractivity contribution in [2.75, 3.05) is 7.11 Å². The highest BCUT2D eigenvalue weighted by Gasteiger charge is 2.60. The fraction of sp³-hybridized carbons (Fsp3) is 0.850. The number of hydrogen-bond donors (Lipinski definition) is 1. The second-order valence-electron chi connectivity index (χ2n) is 8.98. The van der Waals surface area contributed by atoms with Crippen LogP contribution < -0.4 is 0 Å². The molecule has 4 aliphatic carbocycles. The Labute approximate surface area is 139 Å². The normalized spacial score (nSPS) is 52.4. The van der Waals surface area contributed by atoms with Gasteiger partial charge in [-0.05, 0) is 61.7 Å².